The van der Waals surface area contributed by atoms with Crippen LogP contribution in [0.5, 0.6) is 0 Å². The molecule has 9 heteroatoms. The van der Waals surface area contributed by atoms with Crippen molar-refractivity contribution in [3.63, 3.8) is 0 Å². The molecule has 1 atom stereocenters. The van der Waals surface area contributed by atoms with Crippen LogP contribution in [0.25, 0.3) is 0 Å². The van der Waals surface area contributed by atoms with Crippen LogP contribution in [0.1, 0.15) is 25.3 Å². The number of urea groups is 1. The molecule has 2 aliphatic rings. The van der Waals surface area contributed by atoms with Gasteiger partial charge in [-0.1, -0.05) is 6.92 Å². The number of nitriles is 1. The summed E-state index contributed by atoms with van der Waals surface area (Å²) in [6.07, 6.45) is 1.82. The summed E-state index contributed by atoms with van der Waals surface area (Å²) < 4.78 is 27.3. The number of benzene rings is 1. The Morgan fingerprint density at radius 1 is 1.18 bits per heavy atom. The van der Waals surface area contributed by atoms with Crippen molar-refractivity contribution >= 4 is 16.1 Å². The molecule has 152 valence electrons. The van der Waals surface area contributed by atoms with Gasteiger partial charge < -0.3 is 10.2 Å². The SMILES string of the molecule is CCC1(N2CCN(S(=O)(=O)c3ccc(C#N)cc3)CC2)CCN(C(=O)NC)C1. The molecule has 0 aromatic heterocycles. The largest absolute Gasteiger partial charge is 0.341 e. The summed E-state index contributed by atoms with van der Waals surface area (Å²) in [7, 11) is -1.93. The highest BCUT2D eigenvalue weighted by Gasteiger charge is 2.44. The van der Waals surface area contributed by atoms with Crippen LogP contribution >= 0.6 is 0 Å². The number of carbonyl (C=O) groups excluding carboxylic acids is 1. The Labute approximate surface area is 166 Å². The Morgan fingerprint density at radius 3 is 2.36 bits per heavy atom. The van der Waals surface area contributed by atoms with E-state index in [0.717, 1.165) is 19.4 Å². The number of carbonyl (C=O) groups is 1. The van der Waals surface area contributed by atoms with Gasteiger partial charge in [-0.15, -0.1) is 0 Å². The molecule has 0 radical (unpaired) electrons. The minimum atomic E-state index is -3.57. The van der Waals surface area contributed by atoms with Crippen LogP contribution in [0.15, 0.2) is 29.2 Å². The first kappa shape index (κ1) is 20.6. The molecule has 0 spiro atoms. The number of nitrogens with zero attached hydrogens (tertiary/aromatic N) is 4. The van der Waals surface area contributed by atoms with E-state index in [2.05, 4.69) is 17.1 Å². The Balaban J connectivity index is 1.68. The molecule has 8 nitrogen and oxygen atoms in total. The van der Waals surface area contributed by atoms with E-state index < -0.39 is 10.0 Å². The van der Waals surface area contributed by atoms with Gasteiger partial charge in [-0.25, -0.2) is 13.2 Å². The van der Waals surface area contributed by atoms with E-state index >= 15 is 0 Å². The third kappa shape index (κ3) is 3.72. The Morgan fingerprint density at radius 2 is 1.82 bits per heavy atom. The number of sulfonamides is 1. The molecule has 0 bridgehead atoms. The first-order chi connectivity index (χ1) is 13.4. The summed E-state index contributed by atoms with van der Waals surface area (Å²) in [6.45, 7) is 5.65. The number of amides is 2. The van der Waals surface area contributed by atoms with Crippen LogP contribution in [0, 0.1) is 11.3 Å². The highest BCUT2D eigenvalue weighted by molar-refractivity contribution is 7.89. The van der Waals surface area contributed by atoms with Crippen molar-refractivity contribution in [3.05, 3.63) is 29.8 Å². The van der Waals surface area contributed by atoms with Crippen LogP contribution in [0.2, 0.25) is 0 Å². The van der Waals surface area contributed by atoms with E-state index in [1.54, 1.807) is 7.05 Å². The lowest BCUT2D eigenvalue weighted by Gasteiger charge is -2.45. The van der Waals surface area contributed by atoms with Gasteiger partial charge in [0.25, 0.3) is 0 Å². The second-order valence-corrected chi connectivity index (χ2v) is 9.27. The van der Waals surface area contributed by atoms with Gasteiger partial charge in [-0.3, -0.25) is 4.90 Å². The van der Waals surface area contributed by atoms with E-state index in [1.165, 1.54) is 28.6 Å². The van der Waals surface area contributed by atoms with Gasteiger partial charge in [0, 0.05) is 51.9 Å². The monoisotopic (exact) mass is 405 g/mol. The van der Waals surface area contributed by atoms with Crippen molar-refractivity contribution in [2.75, 3.05) is 46.3 Å². The van der Waals surface area contributed by atoms with Gasteiger partial charge in [0.1, 0.15) is 0 Å². The topological polar surface area (TPSA) is 96.8 Å². The van der Waals surface area contributed by atoms with Crippen LogP contribution in [0.4, 0.5) is 4.79 Å². The van der Waals surface area contributed by atoms with Gasteiger partial charge in [-0.2, -0.15) is 9.57 Å². The number of likely N-dealkylation sites (tertiary alicyclic amines) is 1. The Kier molecular flexibility index (Phi) is 5.93. The van der Waals surface area contributed by atoms with E-state index in [4.69, 9.17) is 5.26 Å². The zero-order valence-electron chi connectivity index (χ0n) is 16.4. The molecule has 2 fully saturated rings. The molecule has 3 rings (SSSR count). The first-order valence-corrected chi connectivity index (χ1v) is 11.0. The zero-order chi connectivity index (χ0) is 20.4. The van der Waals surface area contributed by atoms with Crippen molar-refractivity contribution in [2.24, 2.45) is 0 Å². The summed E-state index contributed by atoms with van der Waals surface area (Å²) in [6, 6.07) is 7.98. The Bertz CT molecular complexity index is 857. The average molecular weight is 406 g/mol. The molecule has 1 aromatic carbocycles. The highest BCUT2D eigenvalue weighted by atomic mass is 32.2. The number of piperazine rings is 1. The van der Waals surface area contributed by atoms with Crippen LogP contribution < -0.4 is 5.32 Å². The maximum atomic E-state index is 12.9. The van der Waals surface area contributed by atoms with Crippen molar-refractivity contribution in [3.8, 4) is 6.07 Å². The molecule has 2 heterocycles. The molecule has 2 amide bonds. The Hall–Kier alpha value is -2.15. The van der Waals surface area contributed by atoms with Gasteiger partial charge >= 0.3 is 6.03 Å². The third-order valence-corrected chi connectivity index (χ3v) is 7.93. The van der Waals surface area contributed by atoms with Gasteiger partial charge in [0.05, 0.1) is 16.5 Å². The van der Waals surface area contributed by atoms with Crippen LogP contribution in [-0.2, 0) is 10.0 Å². The maximum Gasteiger partial charge on any atom is 0.317 e. The standard InChI is InChI=1S/C19H27N5O3S/c1-3-19(8-9-22(15-19)18(25)21-2)23-10-12-24(13-11-23)28(26,27)17-6-4-16(14-20)5-7-17/h4-7H,3,8-13,15H2,1-2H3,(H,21,25). The summed E-state index contributed by atoms with van der Waals surface area (Å²) in [5.74, 6) is 0. The summed E-state index contributed by atoms with van der Waals surface area (Å²) in [5, 5.41) is 11.6. The number of hydrogen-bond donors (Lipinski definition) is 1. The molecular formula is C19H27N5O3S. The van der Waals surface area contributed by atoms with Crippen molar-refractivity contribution in [2.45, 2.75) is 30.2 Å². The van der Waals surface area contributed by atoms with Crippen molar-refractivity contribution in [1.82, 2.24) is 19.4 Å². The van der Waals surface area contributed by atoms with Gasteiger partial charge in [0.15, 0.2) is 0 Å². The summed E-state index contributed by atoms with van der Waals surface area (Å²) in [4.78, 5) is 16.4. The maximum absolute atomic E-state index is 12.9. The summed E-state index contributed by atoms with van der Waals surface area (Å²) >= 11 is 0. The number of nitrogens with one attached hydrogen (secondary N) is 1. The second kappa shape index (κ2) is 8.07. The van der Waals surface area contributed by atoms with Gasteiger partial charge in [0.2, 0.25) is 10.0 Å². The molecule has 0 aliphatic carbocycles. The van der Waals surface area contributed by atoms with E-state index in [-0.39, 0.29) is 16.5 Å². The van der Waals surface area contributed by atoms with Crippen molar-refractivity contribution < 1.29 is 13.2 Å². The first-order valence-electron chi connectivity index (χ1n) is 9.58. The van der Waals surface area contributed by atoms with Crippen molar-refractivity contribution in [1.29, 1.82) is 5.26 Å². The molecule has 0 saturated carbocycles. The minimum Gasteiger partial charge on any atom is -0.341 e. The molecule has 2 saturated heterocycles. The second-order valence-electron chi connectivity index (χ2n) is 7.33. The van der Waals surface area contributed by atoms with Gasteiger partial charge in [-0.05, 0) is 37.1 Å². The van der Waals surface area contributed by atoms with E-state index in [0.29, 0.717) is 38.3 Å². The minimum absolute atomic E-state index is 0.0580. The van der Waals surface area contributed by atoms with E-state index in [1.807, 2.05) is 11.0 Å². The normalized spacial score (nSPS) is 24.1. The lowest BCUT2D eigenvalue weighted by atomic mass is 9.92. The van der Waals surface area contributed by atoms with Crippen LogP contribution in [-0.4, -0.2) is 80.4 Å². The number of hydrogen-bond acceptors (Lipinski definition) is 5. The smallest absolute Gasteiger partial charge is 0.317 e. The molecular weight excluding hydrogens is 378 g/mol. The molecule has 1 unspecified atom stereocenters. The molecule has 1 aromatic rings. The highest BCUT2D eigenvalue weighted by Crippen LogP contribution is 2.33. The average Bonchev–Trinajstić information content (AvgIpc) is 3.19. The molecule has 1 N–H and O–H groups in total. The fourth-order valence-electron chi connectivity index (χ4n) is 4.21. The quantitative estimate of drug-likeness (QED) is 0.808. The third-order valence-electron chi connectivity index (χ3n) is 6.02. The lowest BCUT2D eigenvalue weighted by Crippen LogP contribution is -2.59. The predicted molar refractivity (Wildman–Crippen MR) is 105 cm³/mol. The van der Waals surface area contributed by atoms with E-state index in [9.17, 15) is 13.2 Å². The predicted octanol–water partition coefficient (Wildman–Crippen LogP) is 1.06. The molecule has 2 aliphatic heterocycles. The fourth-order valence-corrected chi connectivity index (χ4v) is 5.63. The fraction of sp³-hybridized carbons (Fsp3) is 0.579. The summed E-state index contributed by atoms with van der Waals surface area (Å²) in [5.41, 5.74) is 0.354. The lowest BCUT2D eigenvalue weighted by molar-refractivity contribution is 0.0574. The molecule has 28 heavy (non-hydrogen) atoms. The number of rotatable bonds is 4. The van der Waals surface area contributed by atoms with Crippen LogP contribution in [0.3, 0.4) is 0 Å². The zero-order valence-corrected chi connectivity index (χ0v) is 17.2.